The number of unbranched alkanes of at least 4 members (excludes halogenated alkanes) is 2. The maximum absolute atomic E-state index is 12.1. The van der Waals surface area contributed by atoms with E-state index >= 15 is 0 Å². The van der Waals surface area contributed by atoms with Crippen LogP contribution in [0.15, 0.2) is 48.6 Å². The van der Waals surface area contributed by atoms with Crippen molar-refractivity contribution in [3.8, 4) is 0 Å². The van der Waals surface area contributed by atoms with E-state index in [4.69, 9.17) is 19.3 Å². The summed E-state index contributed by atoms with van der Waals surface area (Å²) in [5.74, 6) is 0.416. The number of esters is 1. The highest BCUT2D eigenvalue weighted by molar-refractivity contribution is 5.87. The molecule has 1 saturated carbocycles. The molecule has 7 nitrogen and oxygen atoms in total. The van der Waals surface area contributed by atoms with Crippen molar-refractivity contribution in [2.75, 3.05) is 33.0 Å². The summed E-state index contributed by atoms with van der Waals surface area (Å²) in [5, 5.41) is 28.4. The molecule has 1 aliphatic carbocycles. The number of benzene rings is 1. The topological polar surface area (TPSA) is 105 Å². The quantitative estimate of drug-likeness (QED) is 0.0854. The van der Waals surface area contributed by atoms with Crippen LogP contribution in [0, 0.1) is 17.8 Å². The molecule has 0 bridgehead atoms. The first kappa shape index (κ1) is 32.5. The molecule has 1 saturated heterocycles. The van der Waals surface area contributed by atoms with Gasteiger partial charge in [0.25, 0.3) is 0 Å². The van der Waals surface area contributed by atoms with Crippen LogP contribution in [0.1, 0.15) is 81.8 Å². The summed E-state index contributed by atoms with van der Waals surface area (Å²) in [6.45, 7) is 9.25. The lowest BCUT2D eigenvalue weighted by atomic mass is 9.74. The summed E-state index contributed by atoms with van der Waals surface area (Å²) in [4.78, 5) is 12.1. The van der Waals surface area contributed by atoms with Crippen LogP contribution >= 0.6 is 0 Å². The Labute approximate surface area is 240 Å². The van der Waals surface area contributed by atoms with Gasteiger partial charge in [0, 0.05) is 11.5 Å². The van der Waals surface area contributed by atoms with E-state index < -0.39 is 18.9 Å². The van der Waals surface area contributed by atoms with Gasteiger partial charge in [-0.25, -0.2) is 4.79 Å². The predicted octanol–water partition coefficient (Wildman–Crippen LogP) is 5.08. The molecule has 7 heteroatoms. The van der Waals surface area contributed by atoms with Gasteiger partial charge >= 0.3 is 5.97 Å². The van der Waals surface area contributed by atoms with Gasteiger partial charge in [-0.05, 0) is 80.2 Å². The SMILES string of the molecule is C=C(CO)C(=O)OCC(COC(O)C(=C)CO)C1CCC(C2CCC(c3ccc(CCCCC)cc3)CC2)OC1. The lowest BCUT2D eigenvalue weighted by Crippen LogP contribution is -2.39. The van der Waals surface area contributed by atoms with Crippen molar-refractivity contribution in [3.63, 3.8) is 0 Å². The molecule has 1 aromatic carbocycles. The van der Waals surface area contributed by atoms with Crippen LogP contribution in [0.4, 0.5) is 0 Å². The molecule has 0 aromatic heterocycles. The molecule has 1 aliphatic heterocycles. The van der Waals surface area contributed by atoms with E-state index in [1.54, 1.807) is 0 Å². The molecular formula is C33H50O7. The number of hydrogen-bond acceptors (Lipinski definition) is 7. The van der Waals surface area contributed by atoms with Gasteiger partial charge in [0.2, 0.25) is 0 Å². The fourth-order valence-corrected chi connectivity index (χ4v) is 5.98. The van der Waals surface area contributed by atoms with Crippen LogP contribution in [-0.2, 0) is 25.4 Å². The van der Waals surface area contributed by atoms with E-state index in [1.807, 2.05) is 0 Å². The Hall–Kier alpha value is -2.03. The number of aliphatic hydroxyl groups excluding tert-OH is 3. The lowest BCUT2D eigenvalue weighted by Gasteiger charge is -2.39. The third-order valence-electron chi connectivity index (χ3n) is 8.76. The molecule has 4 unspecified atom stereocenters. The minimum atomic E-state index is -1.29. The predicted molar refractivity (Wildman–Crippen MR) is 156 cm³/mol. The normalized spacial score (nSPS) is 24.7. The largest absolute Gasteiger partial charge is 0.462 e. The second-order valence-corrected chi connectivity index (χ2v) is 11.6. The number of carbonyl (C=O) groups is 1. The molecule has 1 aromatic rings. The Bertz CT molecular complexity index is 911. The van der Waals surface area contributed by atoms with Gasteiger partial charge in [0.15, 0.2) is 6.29 Å². The number of ether oxygens (including phenoxy) is 3. The molecule has 3 rings (SSSR count). The molecule has 1 heterocycles. The monoisotopic (exact) mass is 558 g/mol. The molecule has 40 heavy (non-hydrogen) atoms. The van der Waals surface area contributed by atoms with Gasteiger partial charge in [-0.3, -0.25) is 0 Å². The van der Waals surface area contributed by atoms with Gasteiger partial charge in [0.05, 0.1) is 44.7 Å². The first-order valence-electron chi connectivity index (χ1n) is 15.1. The highest BCUT2D eigenvalue weighted by Crippen LogP contribution is 2.41. The fourth-order valence-electron chi connectivity index (χ4n) is 5.98. The highest BCUT2D eigenvalue weighted by Gasteiger charge is 2.35. The van der Waals surface area contributed by atoms with E-state index in [1.165, 1.54) is 62.5 Å². The second-order valence-electron chi connectivity index (χ2n) is 11.6. The van der Waals surface area contributed by atoms with Gasteiger partial charge in [-0.15, -0.1) is 0 Å². The summed E-state index contributed by atoms with van der Waals surface area (Å²) in [6.07, 6.45) is 10.5. The first-order chi connectivity index (χ1) is 19.4. The third-order valence-corrected chi connectivity index (χ3v) is 8.76. The molecule has 0 amide bonds. The fraction of sp³-hybridized carbons (Fsp3) is 0.667. The van der Waals surface area contributed by atoms with Crippen LogP contribution in [-0.4, -0.2) is 66.7 Å². The van der Waals surface area contributed by atoms with Crippen LogP contribution < -0.4 is 0 Å². The van der Waals surface area contributed by atoms with Crippen LogP contribution in [0.25, 0.3) is 0 Å². The van der Waals surface area contributed by atoms with Crippen molar-refractivity contribution < 1.29 is 34.3 Å². The van der Waals surface area contributed by atoms with E-state index in [0.29, 0.717) is 18.4 Å². The van der Waals surface area contributed by atoms with Gasteiger partial charge in [-0.2, -0.15) is 0 Å². The maximum Gasteiger partial charge on any atom is 0.335 e. The van der Waals surface area contributed by atoms with Gasteiger partial charge in [0.1, 0.15) is 0 Å². The standard InChI is InChI=1S/C33H50O7/c1-4-5-6-7-25-8-10-26(11-9-25)27-12-14-28(15-13-27)31-17-16-29(20-38-31)30(21-39-32(36)23(2)18-34)22-40-33(37)24(3)19-35/h8-11,27-32,34-36H,2-7,12-22H2,1H3. The Morgan fingerprint density at radius 3 is 2.33 bits per heavy atom. The summed E-state index contributed by atoms with van der Waals surface area (Å²) in [7, 11) is 0. The van der Waals surface area contributed by atoms with Crippen LogP contribution in [0.3, 0.4) is 0 Å². The van der Waals surface area contributed by atoms with E-state index in [0.717, 1.165) is 12.8 Å². The summed E-state index contributed by atoms with van der Waals surface area (Å²) < 4.78 is 17.3. The van der Waals surface area contributed by atoms with Gasteiger partial charge in [-0.1, -0.05) is 57.2 Å². The van der Waals surface area contributed by atoms with Crippen LogP contribution in [0.2, 0.25) is 0 Å². The van der Waals surface area contributed by atoms with Crippen LogP contribution in [0.5, 0.6) is 0 Å². The van der Waals surface area contributed by atoms with Crippen molar-refractivity contribution in [3.05, 3.63) is 59.7 Å². The van der Waals surface area contributed by atoms with E-state index in [2.05, 4.69) is 44.3 Å². The number of aliphatic hydroxyl groups is 3. The molecule has 0 radical (unpaired) electrons. The summed E-state index contributed by atoms with van der Waals surface area (Å²) in [5.41, 5.74) is 3.07. The zero-order valence-corrected chi connectivity index (χ0v) is 24.3. The maximum atomic E-state index is 12.1. The minimum absolute atomic E-state index is 0.00756. The number of hydrogen-bond donors (Lipinski definition) is 3. The average molecular weight is 559 g/mol. The molecule has 3 N–H and O–H groups in total. The summed E-state index contributed by atoms with van der Waals surface area (Å²) in [6, 6.07) is 9.31. The Kier molecular flexibility index (Phi) is 13.8. The van der Waals surface area contributed by atoms with Crippen molar-refractivity contribution in [2.24, 2.45) is 17.8 Å². The minimum Gasteiger partial charge on any atom is -0.462 e. The van der Waals surface area contributed by atoms with Crippen molar-refractivity contribution in [2.45, 2.75) is 89.4 Å². The van der Waals surface area contributed by atoms with E-state index in [-0.39, 0.29) is 48.9 Å². The number of rotatable bonds is 16. The Morgan fingerprint density at radius 2 is 1.73 bits per heavy atom. The van der Waals surface area contributed by atoms with E-state index in [9.17, 15) is 15.0 Å². The lowest BCUT2D eigenvalue weighted by molar-refractivity contribution is -0.148. The third kappa shape index (κ3) is 9.81. The number of carbonyl (C=O) groups excluding carboxylic acids is 1. The Balaban J connectivity index is 1.47. The molecule has 2 fully saturated rings. The highest BCUT2D eigenvalue weighted by atomic mass is 16.6. The Morgan fingerprint density at radius 1 is 1.00 bits per heavy atom. The summed E-state index contributed by atoms with van der Waals surface area (Å²) >= 11 is 0. The smallest absolute Gasteiger partial charge is 0.335 e. The van der Waals surface area contributed by atoms with Crippen molar-refractivity contribution in [1.29, 1.82) is 0 Å². The molecule has 2 aliphatic rings. The number of aryl methyl sites for hydroxylation is 1. The van der Waals surface area contributed by atoms with Crippen molar-refractivity contribution >= 4 is 5.97 Å². The van der Waals surface area contributed by atoms with Gasteiger partial charge < -0.3 is 29.5 Å². The molecule has 224 valence electrons. The molecule has 4 atom stereocenters. The average Bonchev–Trinajstić information content (AvgIpc) is 3.00. The second kappa shape index (κ2) is 17.0. The molecular weight excluding hydrogens is 508 g/mol. The zero-order valence-electron chi connectivity index (χ0n) is 24.3. The first-order valence-corrected chi connectivity index (χ1v) is 15.1. The molecule has 0 spiro atoms. The van der Waals surface area contributed by atoms with Crippen molar-refractivity contribution in [1.82, 2.24) is 0 Å². The zero-order chi connectivity index (χ0) is 28.9.